The first-order valence-electron chi connectivity index (χ1n) is 11.0. The highest BCUT2D eigenvalue weighted by atomic mass is 19.1. The molecule has 4 aromatic rings. The number of aryl methyl sites for hydroxylation is 1. The molecule has 172 valence electrons. The normalized spacial score (nSPS) is 10.6. The van der Waals surface area contributed by atoms with Gasteiger partial charge in [0.05, 0.1) is 25.8 Å². The Morgan fingerprint density at radius 3 is 2.32 bits per heavy atom. The summed E-state index contributed by atoms with van der Waals surface area (Å²) in [5.74, 6) is -0.205. The van der Waals surface area contributed by atoms with Gasteiger partial charge < -0.3 is 14.6 Å². The van der Waals surface area contributed by atoms with Gasteiger partial charge >= 0.3 is 0 Å². The monoisotopic (exact) mass is 456 g/mol. The third-order valence-electron chi connectivity index (χ3n) is 5.43. The Labute approximate surface area is 197 Å². The largest absolute Gasteiger partial charge is 0.467 e. The second-order valence-corrected chi connectivity index (χ2v) is 8.09. The van der Waals surface area contributed by atoms with Gasteiger partial charge in [-0.25, -0.2) is 4.39 Å². The number of rotatable bonds is 8. The van der Waals surface area contributed by atoms with Crippen LogP contribution in [0.1, 0.15) is 32.8 Å². The third kappa shape index (κ3) is 5.98. The third-order valence-corrected chi connectivity index (χ3v) is 5.43. The van der Waals surface area contributed by atoms with E-state index in [0.29, 0.717) is 24.5 Å². The van der Waals surface area contributed by atoms with Crippen LogP contribution in [0.2, 0.25) is 0 Å². The first kappa shape index (κ1) is 23.0. The van der Waals surface area contributed by atoms with Crippen LogP contribution >= 0.6 is 0 Å². The van der Waals surface area contributed by atoms with Crippen molar-refractivity contribution in [3.63, 3.8) is 0 Å². The maximum absolute atomic E-state index is 13.8. The minimum Gasteiger partial charge on any atom is -0.467 e. The summed E-state index contributed by atoms with van der Waals surface area (Å²) in [5, 5.41) is 2.82. The summed E-state index contributed by atoms with van der Waals surface area (Å²) < 4.78 is 19.0. The summed E-state index contributed by atoms with van der Waals surface area (Å²) in [7, 11) is 0. The molecule has 34 heavy (non-hydrogen) atoms. The first-order chi connectivity index (χ1) is 16.5. The van der Waals surface area contributed by atoms with Crippen LogP contribution in [0.25, 0.3) is 0 Å². The quantitative estimate of drug-likeness (QED) is 0.384. The van der Waals surface area contributed by atoms with Crippen LogP contribution in [0, 0.1) is 12.7 Å². The van der Waals surface area contributed by atoms with E-state index in [1.807, 2.05) is 43.3 Å². The van der Waals surface area contributed by atoms with E-state index in [9.17, 15) is 14.0 Å². The molecule has 0 unspecified atom stereocenters. The first-order valence-corrected chi connectivity index (χ1v) is 11.0. The van der Waals surface area contributed by atoms with Gasteiger partial charge in [-0.05, 0) is 60.5 Å². The summed E-state index contributed by atoms with van der Waals surface area (Å²) in [6.45, 7) is 2.66. The number of carbonyl (C=O) groups is 2. The van der Waals surface area contributed by atoms with Crippen molar-refractivity contribution >= 4 is 17.5 Å². The molecule has 4 rings (SSSR count). The molecule has 0 aliphatic heterocycles. The Morgan fingerprint density at radius 2 is 1.65 bits per heavy atom. The van der Waals surface area contributed by atoms with E-state index in [1.165, 1.54) is 18.2 Å². The van der Waals surface area contributed by atoms with E-state index < -0.39 is 5.82 Å². The fraction of sp³-hybridized carbons (Fsp3) is 0.143. The molecule has 1 aromatic heterocycles. The lowest BCUT2D eigenvalue weighted by molar-refractivity contribution is -0.120. The van der Waals surface area contributed by atoms with Gasteiger partial charge in [-0.2, -0.15) is 0 Å². The molecule has 0 saturated carbocycles. The smallest absolute Gasteiger partial charge is 0.258 e. The predicted octanol–water partition coefficient (Wildman–Crippen LogP) is 5.43. The molecule has 0 aliphatic carbocycles. The van der Waals surface area contributed by atoms with Crippen molar-refractivity contribution in [3.8, 4) is 0 Å². The SMILES string of the molecule is Cc1ccc(CN(C(=O)c2cccc(F)c2)c2ccc(CC(=O)NCc3ccco3)cc2)cc1. The van der Waals surface area contributed by atoms with Crippen LogP contribution < -0.4 is 10.2 Å². The molecule has 0 saturated heterocycles. The van der Waals surface area contributed by atoms with Crippen molar-refractivity contribution in [1.82, 2.24) is 5.32 Å². The molecular formula is C28H25FN2O3. The molecular weight excluding hydrogens is 431 g/mol. The van der Waals surface area contributed by atoms with E-state index in [-0.39, 0.29) is 23.8 Å². The summed E-state index contributed by atoms with van der Waals surface area (Å²) in [5.41, 5.74) is 3.83. The highest BCUT2D eigenvalue weighted by Crippen LogP contribution is 2.22. The fourth-order valence-electron chi connectivity index (χ4n) is 3.57. The lowest BCUT2D eigenvalue weighted by atomic mass is 10.1. The Balaban J connectivity index is 1.51. The lowest BCUT2D eigenvalue weighted by Crippen LogP contribution is -2.30. The molecule has 1 heterocycles. The van der Waals surface area contributed by atoms with Crippen molar-refractivity contribution in [1.29, 1.82) is 0 Å². The molecule has 5 nitrogen and oxygen atoms in total. The highest BCUT2D eigenvalue weighted by molar-refractivity contribution is 6.06. The van der Waals surface area contributed by atoms with Crippen LogP contribution in [-0.4, -0.2) is 11.8 Å². The van der Waals surface area contributed by atoms with Gasteiger partial charge in [-0.1, -0.05) is 48.0 Å². The summed E-state index contributed by atoms with van der Waals surface area (Å²) in [6, 6.07) is 24.4. The zero-order chi connectivity index (χ0) is 23.9. The number of carbonyl (C=O) groups excluding carboxylic acids is 2. The zero-order valence-electron chi connectivity index (χ0n) is 18.8. The van der Waals surface area contributed by atoms with Gasteiger partial charge in [0.15, 0.2) is 0 Å². The molecule has 0 radical (unpaired) electrons. The minimum absolute atomic E-state index is 0.128. The Hall–Kier alpha value is -4.19. The number of hydrogen-bond donors (Lipinski definition) is 1. The Kier molecular flexibility index (Phi) is 7.18. The molecule has 2 amide bonds. The summed E-state index contributed by atoms with van der Waals surface area (Å²) in [4.78, 5) is 27.2. The van der Waals surface area contributed by atoms with Gasteiger partial charge in [0.2, 0.25) is 5.91 Å². The molecule has 3 aromatic carbocycles. The average Bonchev–Trinajstić information content (AvgIpc) is 3.36. The number of anilines is 1. The standard InChI is InChI=1S/C28H25FN2O3/c1-20-7-9-22(10-8-20)19-31(28(33)23-4-2-5-24(29)17-23)25-13-11-21(12-14-25)16-27(32)30-18-26-6-3-15-34-26/h2-15,17H,16,18-19H2,1H3,(H,30,32). The molecule has 0 fully saturated rings. The maximum Gasteiger partial charge on any atom is 0.258 e. The van der Waals surface area contributed by atoms with E-state index in [0.717, 1.165) is 16.7 Å². The van der Waals surface area contributed by atoms with Crippen LogP contribution in [0.15, 0.2) is 95.6 Å². The predicted molar refractivity (Wildman–Crippen MR) is 129 cm³/mol. The molecule has 6 heteroatoms. The van der Waals surface area contributed by atoms with Crippen LogP contribution in [0.4, 0.5) is 10.1 Å². The van der Waals surface area contributed by atoms with Crippen LogP contribution in [-0.2, 0) is 24.3 Å². The molecule has 0 aliphatic rings. The minimum atomic E-state index is -0.461. The Morgan fingerprint density at radius 1 is 0.912 bits per heavy atom. The lowest BCUT2D eigenvalue weighted by Gasteiger charge is -2.24. The number of amides is 2. The molecule has 1 N–H and O–H groups in total. The second-order valence-electron chi connectivity index (χ2n) is 8.09. The van der Waals surface area contributed by atoms with Gasteiger partial charge in [0, 0.05) is 11.3 Å². The second kappa shape index (κ2) is 10.6. The van der Waals surface area contributed by atoms with E-state index in [2.05, 4.69) is 5.32 Å². The van der Waals surface area contributed by atoms with Gasteiger partial charge in [0.25, 0.3) is 5.91 Å². The van der Waals surface area contributed by atoms with Crippen molar-refractivity contribution in [2.24, 2.45) is 0 Å². The Bertz CT molecular complexity index is 1250. The van der Waals surface area contributed by atoms with Crippen LogP contribution in [0.5, 0.6) is 0 Å². The van der Waals surface area contributed by atoms with E-state index in [1.54, 1.807) is 41.5 Å². The van der Waals surface area contributed by atoms with Gasteiger partial charge in [-0.3, -0.25) is 9.59 Å². The highest BCUT2D eigenvalue weighted by Gasteiger charge is 2.19. The zero-order valence-corrected chi connectivity index (χ0v) is 18.8. The topological polar surface area (TPSA) is 62.6 Å². The van der Waals surface area contributed by atoms with E-state index >= 15 is 0 Å². The number of furan rings is 1. The van der Waals surface area contributed by atoms with Crippen molar-refractivity contribution in [2.75, 3.05) is 4.90 Å². The van der Waals surface area contributed by atoms with Crippen molar-refractivity contribution in [2.45, 2.75) is 26.4 Å². The number of benzene rings is 3. The number of nitrogens with zero attached hydrogens (tertiary/aromatic N) is 1. The average molecular weight is 457 g/mol. The maximum atomic E-state index is 13.8. The number of nitrogens with one attached hydrogen (secondary N) is 1. The molecule has 0 atom stereocenters. The van der Waals surface area contributed by atoms with Crippen molar-refractivity contribution in [3.05, 3.63) is 125 Å². The van der Waals surface area contributed by atoms with E-state index in [4.69, 9.17) is 4.42 Å². The molecule has 0 bridgehead atoms. The van der Waals surface area contributed by atoms with Gasteiger partial charge in [-0.15, -0.1) is 0 Å². The van der Waals surface area contributed by atoms with Crippen LogP contribution in [0.3, 0.4) is 0 Å². The number of hydrogen-bond acceptors (Lipinski definition) is 3. The van der Waals surface area contributed by atoms with Crippen molar-refractivity contribution < 1.29 is 18.4 Å². The molecule has 0 spiro atoms. The fourth-order valence-corrected chi connectivity index (χ4v) is 3.57. The summed E-state index contributed by atoms with van der Waals surface area (Å²) in [6.07, 6.45) is 1.77. The number of halogens is 1. The van der Waals surface area contributed by atoms with Gasteiger partial charge in [0.1, 0.15) is 11.6 Å². The summed E-state index contributed by atoms with van der Waals surface area (Å²) >= 11 is 0.